The highest BCUT2D eigenvalue weighted by Crippen LogP contribution is 2.54. The van der Waals surface area contributed by atoms with E-state index >= 15 is 0 Å². The van der Waals surface area contributed by atoms with E-state index in [9.17, 15) is 25.5 Å². The van der Waals surface area contributed by atoms with Crippen LogP contribution >= 0.6 is 0 Å². The van der Waals surface area contributed by atoms with Crippen LogP contribution in [0.2, 0.25) is 0 Å². The second kappa shape index (κ2) is 6.09. The standard InChI is InChI=1S/C21H19NO6/c1-3-8-4-5-12(28-2)15-13(8)20(26)17-16(21(15)27)18(22)14-10(19(17)25)6-9(23)7-11(14)24/h1,4-5,9,11,23-27H,6-7,22H2,2H3/t9-,11+/m0/s1. The lowest BCUT2D eigenvalue weighted by Gasteiger charge is -2.29. The average molecular weight is 381 g/mol. The second-order valence-electron chi connectivity index (χ2n) is 6.92. The van der Waals surface area contributed by atoms with Gasteiger partial charge in [0, 0.05) is 40.6 Å². The number of fused-ring (bicyclic) bond motifs is 3. The first kappa shape index (κ1) is 18.0. The Morgan fingerprint density at radius 3 is 2.36 bits per heavy atom. The van der Waals surface area contributed by atoms with Crippen molar-refractivity contribution in [3.63, 3.8) is 0 Å². The summed E-state index contributed by atoms with van der Waals surface area (Å²) in [6.45, 7) is 0. The van der Waals surface area contributed by atoms with Crippen LogP contribution in [0.4, 0.5) is 5.69 Å². The Labute approximate surface area is 160 Å². The summed E-state index contributed by atoms with van der Waals surface area (Å²) >= 11 is 0. The molecule has 0 aromatic heterocycles. The van der Waals surface area contributed by atoms with Gasteiger partial charge in [-0.15, -0.1) is 6.42 Å². The van der Waals surface area contributed by atoms with Gasteiger partial charge >= 0.3 is 0 Å². The van der Waals surface area contributed by atoms with E-state index in [4.69, 9.17) is 16.9 Å². The lowest BCUT2D eigenvalue weighted by molar-refractivity contribution is 0.0680. The fourth-order valence-electron chi connectivity index (χ4n) is 4.19. The molecule has 28 heavy (non-hydrogen) atoms. The van der Waals surface area contributed by atoms with Crippen LogP contribution in [0.1, 0.15) is 29.2 Å². The van der Waals surface area contributed by atoms with E-state index in [0.717, 1.165) is 0 Å². The van der Waals surface area contributed by atoms with E-state index < -0.39 is 12.2 Å². The van der Waals surface area contributed by atoms with Gasteiger partial charge in [-0.3, -0.25) is 0 Å². The van der Waals surface area contributed by atoms with Crippen LogP contribution in [-0.2, 0) is 6.42 Å². The summed E-state index contributed by atoms with van der Waals surface area (Å²) in [6, 6.07) is 3.11. The van der Waals surface area contributed by atoms with Gasteiger partial charge in [0.25, 0.3) is 0 Å². The molecule has 0 saturated carbocycles. The van der Waals surface area contributed by atoms with Crippen molar-refractivity contribution < 1.29 is 30.3 Å². The lowest BCUT2D eigenvalue weighted by Crippen LogP contribution is -2.24. The maximum absolute atomic E-state index is 11.0. The van der Waals surface area contributed by atoms with Crippen LogP contribution in [0.3, 0.4) is 0 Å². The molecule has 0 unspecified atom stereocenters. The highest BCUT2D eigenvalue weighted by molar-refractivity contribution is 6.20. The number of anilines is 1. The Morgan fingerprint density at radius 2 is 1.71 bits per heavy atom. The number of nitrogen functional groups attached to an aromatic ring is 1. The minimum Gasteiger partial charge on any atom is -0.507 e. The van der Waals surface area contributed by atoms with Gasteiger partial charge < -0.3 is 36.0 Å². The highest BCUT2D eigenvalue weighted by atomic mass is 16.5. The molecule has 0 bridgehead atoms. The summed E-state index contributed by atoms with van der Waals surface area (Å²) in [5.41, 5.74) is 7.04. The number of aromatic hydroxyl groups is 3. The zero-order valence-corrected chi connectivity index (χ0v) is 15.0. The van der Waals surface area contributed by atoms with E-state index in [2.05, 4.69) is 5.92 Å². The molecule has 3 aromatic rings. The van der Waals surface area contributed by atoms with E-state index in [1.165, 1.54) is 7.11 Å². The molecule has 0 amide bonds. The van der Waals surface area contributed by atoms with Gasteiger partial charge in [-0.25, -0.2) is 0 Å². The summed E-state index contributed by atoms with van der Waals surface area (Å²) in [6.07, 6.45) is 3.66. The van der Waals surface area contributed by atoms with Gasteiger partial charge in [-0.1, -0.05) is 5.92 Å². The predicted octanol–water partition coefficient (Wildman–Crippen LogP) is 2.02. The predicted molar refractivity (Wildman–Crippen MR) is 105 cm³/mol. The number of hydrogen-bond donors (Lipinski definition) is 6. The summed E-state index contributed by atoms with van der Waals surface area (Å²) in [7, 11) is 1.41. The number of benzene rings is 3. The van der Waals surface area contributed by atoms with Crippen molar-refractivity contribution in [2.24, 2.45) is 0 Å². The van der Waals surface area contributed by atoms with E-state index in [0.29, 0.717) is 5.56 Å². The van der Waals surface area contributed by atoms with Crippen LogP contribution < -0.4 is 10.5 Å². The first-order chi connectivity index (χ1) is 13.3. The van der Waals surface area contributed by atoms with Crippen LogP contribution in [0.25, 0.3) is 21.5 Å². The fraction of sp³-hybridized carbons (Fsp3) is 0.238. The smallest absolute Gasteiger partial charge is 0.137 e. The number of methoxy groups -OCH3 is 1. The number of phenols is 3. The lowest BCUT2D eigenvalue weighted by atomic mass is 9.82. The van der Waals surface area contributed by atoms with Crippen LogP contribution in [0.15, 0.2) is 12.1 Å². The third kappa shape index (κ3) is 2.19. The highest BCUT2D eigenvalue weighted by Gasteiger charge is 2.33. The number of aliphatic hydroxyl groups is 2. The molecule has 0 radical (unpaired) electrons. The molecule has 0 fully saturated rings. The Balaban J connectivity index is 2.31. The minimum atomic E-state index is -1.12. The van der Waals surface area contributed by atoms with Crippen molar-refractivity contribution in [3.05, 3.63) is 28.8 Å². The third-order valence-electron chi connectivity index (χ3n) is 5.42. The number of terminal acetylenes is 1. The first-order valence-electron chi connectivity index (χ1n) is 8.65. The van der Waals surface area contributed by atoms with E-state index in [1.807, 2.05) is 0 Å². The van der Waals surface area contributed by atoms with Crippen molar-refractivity contribution in [1.82, 2.24) is 0 Å². The maximum atomic E-state index is 11.0. The molecular weight excluding hydrogens is 362 g/mol. The Morgan fingerprint density at radius 1 is 1.04 bits per heavy atom. The van der Waals surface area contributed by atoms with Crippen molar-refractivity contribution in [1.29, 1.82) is 0 Å². The molecule has 2 atom stereocenters. The van der Waals surface area contributed by atoms with Gasteiger partial charge in [-0.2, -0.15) is 0 Å². The van der Waals surface area contributed by atoms with Crippen molar-refractivity contribution in [2.75, 3.05) is 12.8 Å². The molecule has 0 heterocycles. The molecule has 0 spiro atoms. The molecule has 7 heteroatoms. The quantitative estimate of drug-likeness (QED) is 0.164. The van der Waals surface area contributed by atoms with Gasteiger partial charge in [0.15, 0.2) is 0 Å². The first-order valence-corrected chi connectivity index (χ1v) is 8.65. The van der Waals surface area contributed by atoms with Crippen molar-refractivity contribution >= 4 is 27.2 Å². The summed E-state index contributed by atoms with van der Waals surface area (Å²) < 4.78 is 5.30. The number of hydrogen-bond acceptors (Lipinski definition) is 7. The Bertz CT molecular complexity index is 1190. The van der Waals surface area contributed by atoms with Gasteiger partial charge in [-0.05, 0) is 12.1 Å². The normalized spacial score (nSPS) is 18.8. The molecule has 1 aliphatic carbocycles. The Hall–Kier alpha value is -3.34. The van der Waals surface area contributed by atoms with Gasteiger partial charge in [0.2, 0.25) is 0 Å². The molecule has 0 saturated heterocycles. The van der Waals surface area contributed by atoms with Crippen LogP contribution in [-0.4, -0.2) is 38.7 Å². The minimum absolute atomic E-state index is 0.0100. The molecular formula is C21H19NO6. The number of nitrogens with two attached hydrogens (primary N) is 1. The molecule has 3 aromatic carbocycles. The molecule has 4 rings (SSSR count). The zero-order valence-electron chi connectivity index (χ0n) is 15.0. The fourth-order valence-corrected chi connectivity index (χ4v) is 4.19. The number of phenolic OH excluding ortho intramolecular Hbond substituents is 3. The maximum Gasteiger partial charge on any atom is 0.137 e. The third-order valence-corrected chi connectivity index (χ3v) is 5.42. The monoisotopic (exact) mass is 381 g/mol. The number of ether oxygens (including phenoxy) is 1. The topological polar surface area (TPSA) is 136 Å². The molecule has 144 valence electrons. The van der Waals surface area contributed by atoms with Crippen LogP contribution in [0, 0.1) is 12.3 Å². The summed E-state index contributed by atoms with van der Waals surface area (Å²) in [5.74, 6) is 1.65. The van der Waals surface area contributed by atoms with Crippen molar-refractivity contribution in [2.45, 2.75) is 25.0 Å². The number of aliphatic hydroxyl groups excluding tert-OH is 2. The summed E-state index contributed by atoms with van der Waals surface area (Å²) in [5, 5.41) is 53.5. The van der Waals surface area contributed by atoms with Crippen LogP contribution in [0.5, 0.6) is 23.0 Å². The molecule has 0 aliphatic heterocycles. The molecule has 7 N–H and O–H groups in total. The molecule has 1 aliphatic rings. The SMILES string of the molecule is C#Cc1ccc(OC)c2c(O)c3c(N)c4c(c(O)c3c(O)c12)C[C@H](O)C[C@H]4O. The van der Waals surface area contributed by atoms with Gasteiger partial charge in [0.1, 0.15) is 23.0 Å². The van der Waals surface area contributed by atoms with E-state index in [1.54, 1.807) is 12.1 Å². The van der Waals surface area contributed by atoms with Crippen molar-refractivity contribution in [3.8, 4) is 35.3 Å². The van der Waals surface area contributed by atoms with E-state index in [-0.39, 0.29) is 74.2 Å². The second-order valence-corrected chi connectivity index (χ2v) is 6.92. The molecule has 7 nitrogen and oxygen atoms in total. The largest absolute Gasteiger partial charge is 0.507 e. The van der Waals surface area contributed by atoms with Gasteiger partial charge in [0.05, 0.1) is 35.5 Å². The zero-order chi connectivity index (χ0) is 20.3. The summed E-state index contributed by atoms with van der Waals surface area (Å²) in [4.78, 5) is 0. The Kier molecular flexibility index (Phi) is 3.93. The average Bonchev–Trinajstić information content (AvgIpc) is 2.66. The number of rotatable bonds is 1.